The van der Waals surface area contributed by atoms with E-state index in [4.69, 9.17) is 21.6 Å². The van der Waals surface area contributed by atoms with Crippen molar-refractivity contribution in [1.29, 1.82) is 5.26 Å². The van der Waals surface area contributed by atoms with E-state index >= 15 is 0 Å². The number of nitrogens with zero attached hydrogens (tertiary/aromatic N) is 1. The van der Waals surface area contributed by atoms with Crippen molar-refractivity contribution in [1.82, 2.24) is 0 Å². The number of carbonyl (C=O) groups is 1. The molecule has 0 amide bonds. The second-order valence-corrected chi connectivity index (χ2v) is 5.64. The quantitative estimate of drug-likeness (QED) is 0.788. The summed E-state index contributed by atoms with van der Waals surface area (Å²) in [6.07, 6.45) is 0. The van der Waals surface area contributed by atoms with Gasteiger partial charge in [0.25, 0.3) is 0 Å². The highest BCUT2D eigenvalue weighted by atomic mass is 35.5. The molecule has 0 aliphatic heterocycles. The van der Waals surface area contributed by atoms with Crippen LogP contribution in [0.4, 0.5) is 0 Å². The minimum Gasteiger partial charge on any atom is -0.460 e. The maximum absolute atomic E-state index is 12.1. The molecule has 4 heteroatoms. The van der Waals surface area contributed by atoms with Crippen molar-refractivity contribution in [2.45, 2.75) is 26.4 Å². The van der Waals surface area contributed by atoms with E-state index in [-0.39, 0.29) is 18.5 Å². The van der Waals surface area contributed by atoms with E-state index in [1.54, 1.807) is 18.2 Å². The predicted octanol–water partition coefficient (Wildman–Crippen LogP) is 4.37. The fourth-order valence-corrected chi connectivity index (χ4v) is 2.33. The fraction of sp³-hybridized carbons (Fsp3) is 0.222. The van der Waals surface area contributed by atoms with Crippen LogP contribution in [-0.4, -0.2) is 5.97 Å². The molecule has 2 aromatic rings. The van der Waals surface area contributed by atoms with Crippen molar-refractivity contribution in [2.24, 2.45) is 0 Å². The maximum atomic E-state index is 12.1. The number of halogens is 1. The number of esters is 1. The number of rotatable bonds is 4. The van der Waals surface area contributed by atoms with Gasteiger partial charge >= 0.3 is 5.97 Å². The van der Waals surface area contributed by atoms with Crippen molar-refractivity contribution in [3.63, 3.8) is 0 Å². The lowest BCUT2D eigenvalue weighted by molar-refractivity contribution is -0.146. The second kappa shape index (κ2) is 7.11. The molecule has 112 valence electrons. The van der Waals surface area contributed by atoms with Crippen LogP contribution in [0.15, 0.2) is 42.5 Å². The molecule has 0 aliphatic carbocycles. The Bertz CT molecular complexity index is 717. The Morgan fingerprint density at radius 3 is 2.59 bits per heavy atom. The summed E-state index contributed by atoms with van der Waals surface area (Å²) in [7, 11) is 0. The third-order valence-electron chi connectivity index (χ3n) is 3.40. The van der Waals surface area contributed by atoms with Gasteiger partial charge in [-0.15, -0.1) is 0 Å². The molecule has 3 nitrogen and oxygen atoms in total. The third kappa shape index (κ3) is 4.09. The normalized spacial score (nSPS) is 11.5. The minimum absolute atomic E-state index is 0.101. The molecule has 0 bridgehead atoms. The highest BCUT2D eigenvalue weighted by molar-refractivity contribution is 6.30. The SMILES string of the molecule is Cc1ccc(C(C)C(=O)OCc2cc(Cl)cc(C#N)c2)cc1. The molecule has 0 heterocycles. The van der Waals surface area contributed by atoms with E-state index in [0.717, 1.165) is 11.1 Å². The first kappa shape index (κ1) is 16.1. The highest BCUT2D eigenvalue weighted by Crippen LogP contribution is 2.20. The van der Waals surface area contributed by atoms with E-state index in [9.17, 15) is 4.79 Å². The van der Waals surface area contributed by atoms with Gasteiger partial charge in [-0.25, -0.2) is 0 Å². The minimum atomic E-state index is -0.338. The molecule has 0 saturated carbocycles. The van der Waals surface area contributed by atoms with Gasteiger partial charge in [0.15, 0.2) is 0 Å². The lowest BCUT2D eigenvalue weighted by Gasteiger charge is -2.12. The monoisotopic (exact) mass is 313 g/mol. The van der Waals surface area contributed by atoms with Crippen LogP contribution in [-0.2, 0) is 16.1 Å². The molecule has 1 unspecified atom stereocenters. The van der Waals surface area contributed by atoms with Crippen LogP contribution in [0.5, 0.6) is 0 Å². The molecule has 0 spiro atoms. The summed E-state index contributed by atoms with van der Waals surface area (Å²) < 4.78 is 5.32. The first-order valence-electron chi connectivity index (χ1n) is 6.92. The van der Waals surface area contributed by atoms with Gasteiger partial charge in [0, 0.05) is 5.02 Å². The Labute approximate surface area is 135 Å². The summed E-state index contributed by atoms with van der Waals surface area (Å²) in [6, 6.07) is 14.7. The molecule has 0 radical (unpaired) electrons. The average Bonchev–Trinajstić information content (AvgIpc) is 2.52. The second-order valence-electron chi connectivity index (χ2n) is 5.20. The van der Waals surface area contributed by atoms with Crippen molar-refractivity contribution in [2.75, 3.05) is 0 Å². The van der Waals surface area contributed by atoms with Crippen LogP contribution in [0.3, 0.4) is 0 Å². The smallest absolute Gasteiger partial charge is 0.313 e. The summed E-state index contributed by atoms with van der Waals surface area (Å²) in [4.78, 5) is 12.1. The molecule has 2 aromatic carbocycles. The summed E-state index contributed by atoms with van der Waals surface area (Å²) in [5, 5.41) is 9.36. The number of ether oxygens (including phenoxy) is 1. The lowest BCUT2D eigenvalue weighted by Crippen LogP contribution is -2.13. The van der Waals surface area contributed by atoms with Crippen LogP contribution in [0.2, 0.25) is 5.02 Å². The molecule has 0 fully saturated rings. The van der Waals surface area contributed by atoms with Crippen LogP contribution in [0.1, 0.15) is 35.1 Å². The zero-order chi connectivity index (χ0) is 16.1. The Balaban J connectivity index is 2.02. The van der Waals surface area contributed by atoms with Gasteiger partial charge in [-0.3, -0.25) is 4.79 Å². The Morgan fingerprint density at radius 1 is 1.27 bits per heavy atom. The number of aryl methyl sites for hydroxylation is 1. The number of hydrogen-bond donors (Lipinski definition) is 0. The largest absolute Gasteiger partial charge is 0.460 e. The van der Waals surface area contributed by atoms with Gasteiger partial charge in [-0.1, -0.05) is 41.4 Å². The van der Waals surface area contributed by atoms with Crippen LogP contribution in [0.25, 0.3) is 0 Å². The number of nitriles is 1. The van der Waals surface area contributed by atoms with Crippen molar-refractivity contribution in [3.05, 3.63) is 69.7 Å². The summed E-state index contributed by atoms with van der Waals surface area (Å²) in [5.41, 5.74) is 3.21. The van der Waals surface area contributed by atoms with Crippen LogP contribution < -0.4 is 0 Å². The average molecular weight is 314 g/mol. The Hall–Kier alpha value is -2.31. The first-order valence-corrected chi connectivity index (χ1v) is 7.30. The van der Waals surface area contributed by atoms with Gasteiger partial charge in [0.05, 0.1) is 17.6 Å². The maximum Gasteiger partial charge on any atom is 0.313 e. The zero-order valence-electron chi connectivity index (χ0n) is 12.5. The van der Waals surface area contributed by atoms with Crippen molar-refractivity contribution in [3.8, 4) is 6.07 Å². The van der Waals surface area contributed by atoms with Crippen LogP contribution in [0, 0.1) is 18.3 Å². The zero-order valence-corrected chi connectivity index (χ0v) is 13.2. The molecule has 22 heavy (non-hydrogen) atoms. The molecular weight excluding hydrogens is 298 g/mol. The van der Waals surface area contributed by atoms with E-state index in [0.29, 0.717) is 16.1 Å². The van der Waals surface area contributed by atoms with Crippen molar-refractivity contribution >= 4 is 17.6 Å². The molecule has 0 aliphatic rings. The first-order chi connectivity index (χ1) is 10.5. The fourth-order valence-electron chi connectivity index (χ4n) is 2.07. The van der Waals surface area contributed by atoms with E-state index in [2.05, 4.69) is 0 Å². The summed E-state index contributed by atoms with van der Waals surface area (Å²) >= 11 is 5.93. The molecule has 0 N–H and O–H groups in total. The van der Waals surface area contributed by atoms with E-state index in [1.807, 2.05) is 44.2 Å². The number of hydrogen-bond acceptors (Lipinski definition) is 3. The van der Waals surface area contributed by atoms with Gasteiger partial charge in [-0.05, 0) is 43.2 Å². The molecule has 0 aromatic heterocycles. The van der Waals surface area contributed by atoms with Crippen LogP contribution >= 0.6 is 11.6 Å². The molecule has 2 rings (SSSR count). The molecule has 1 atom stereocenters. The van der Waals surface area contributed by atoms with E-state index < -0.39 is 0 Å². The predicted molar refractivity (Wildman–Crippen MR) is 85.6 cm³/mol. The van der Waals surface area contributed by atoms with Crippen molar-refractivity contribution < 1.29 is 9.53 Å². The number of benzene rings is 2. The summed E-state index contributed by atoms with van der Waals surface area (Å²) in [5.74, 6) is -0.641. The van der Waals surface area contributed by atoms with Gasteiger partial charge in [0.1, 0.15) is 6.61 Å². The van der Waals surface area contributed by atoms with Gasteiger partial charge < -0.3 is 4.74 Å². The van der Waals surface area contributed by atoms with Gasteiger partial charge in [0.2, 0.25) is 0 Å². The standard InChI is InChI=1S/C18H16ClNO2/c1-12-3-5-16(6-4-12)13(2)18(21)22-11-15-7-14(10-20)8-17(19)9-15/h3-9,13H,11H2,1-2H3. The molecule has 0 saturated heterocycles. The number of carbonyl (C=O) groups excluding carboxylic acids is 1. The van der Waals surface area contributed by atoms with Gasteiger partial charge in [-0.2, -0.15) is 5.26 Å². The molecular formula is C18H16ClNO2. The summed E-state index contributed by atoms with van der Waals surface area (Å²) in [6.45, 7) is 3.91. The Morgan fingerprint density at radius 2 is 1.95 bits per heavy atom. The van der Waals surface area contributed by atoms with E-state index in [1.165, 1.54) is 0 Å². The Kier molecular flexibility index (Phi) is 5.19. The lowest BCUT2D eigenvalue weighted by atomic mass is 10.0. The third-order valence-corrected chi connectivity index (χ3v) is 3.62. The highest BCUT2D eigenvalue weighted by Gasteiger charge is 2.16. The topological polar surface area (TPSA) is 50.1 Å².